The molecule has 0 aliphatic heterocycles. The van der Waals surface area contributed by atoms with E-state index in [1.165, 1.54) is 5.19 Å². The average molecular weight is 210 g/mol. The summed E-state index contributed by atoms with van der Waals surface area (Å²) in [6.45, 7) is 6.28. The molecule has 3 heteroatoms. The van der Waals surface area contributed by atoms with E-state index in [-0.39, 0.29) is 12.7 Å². The molecule has 1 aromatic rings. The Morgan fingerprint density at radius 3 is 2.36 bits per heavy atom. The van der Waals surface area contributed by atoms with Gasteiger partial charge in [0.25, 0.3) is 0 Å². The Balaban J connectivity index is 2.75. The summed E-state index contributed by atoms with van der Waals surface area (Å²) >= 11 is 0. The molecule has 1 rings (SSSR count). The summed E-state index contributed by atoms with van der Waals surface area (Å²) in [5.74, 6) is 0. The molecule has 78 valence electrons. The van der Waals surface area contributed by atoms with Gasteiger partial charge in [-0.3, -0.25) is 0 Å². The van der Waals surface area contributed by atoms with Crippen molar-refractivity contribution in [2.45, 2.75) is 26.1 Å². The molecule has 14 heavy (non-hydrogen) atoms. The minimum Gasteiger partial charge on any atom is -0.408 e. The molecule has 0 saturated carbocycles. The van der Waals surface area contributed by atoms with Crippen molar-refractivity contribution in [2.24, 2.45) is 0 Å². The zero-order valence-electron chi connectivity index (χ0n) is 9.03. The molecule has 0 spiro atoms. The van der Waals surface area contributed by atoms with Crippen molar-refractivity contribution in [3.63, 3.8) is 0 Å². The van der Waals surface area contributed by atoms with E-state index in [1.807, 2.05) is 25.1 Å². The Morgan fingerprint density at radius 2 is 1.86 bits per heavy atom. The lowest BCUT2D eigenvalue weighted by atomic mass is 10.4. The topological polar surface area (TPSA) is 29.5 Å². The van der Waals surface area contributed by atoms with Crippen molar-refractivity contribution in [3.8, 4) is 0 Å². The van der Waals surface area contributed by atoms with Gasteiger partial charge in [0.1, 0.15) is 0 Å². The zero-order valence-corrected chi connectivity index (χ0v) is 10.0. The van der Waals surface area contributed by atoms with E-state index in [1.54, 1.807) is 0 Å². The molecule has 2 nitrogen and oxygen atoms in total. The lowest BCUT2D eigenvalue weighted by Gasteiger charge is -2.26. The smallest absolute Gasteiger partial charge is 0.218 e. The molecular formula is C11H18O2Si. The highest BCUT2D eigenvalue weighted by atomic mass is 28.4. The normalized spacial score (nSPS) is 14.0. The highest BCUT2D eigenvalue weighted by Gasteiger charge is 2.26. The summed E-state index contributed by atoms with van der Waals surface area (Å²) in [5, 5.41) is 10.2. The average Bonchev–Trinajstić information content (AvgIpc) is 2.18. The van der Waals surface area contributed by atoms with Crippen molar-refractivity contribution in [1.29, 1.82) is 0 Å². The molecule has 0 aliphatic rings. The molecular weight excluding hydrogens is 192 g/mol. The third kappa shape index (κ3) is 2.94. The first-order valence-corrected chi connectivity index (χ1v) is 7.81. The van der Waals surface area contributed by atoms with Gasteiger partial charge in [-0.15, -0.1) is 0 Å². The number of rotatable bonds is 4. The van der Waals surface area contributed by atoms with Crippen LogP contribution in [0.5, 0.6) is 0 Å². The van der Waals surface area contributed by atoms with E-state index < -0.39 is 8.32 Å². The number of aliphatic hydroxyl groups is 1. The first kappa shape index (κ1) is 11.4. The molecule has 1 N–H and O–H groups in total. The quantitative estimate of drug-likeness (QED) is 0.763. The fraction of sp³-hybridized carbons (Fsp3) is 0.455. The van der Waals surface area contributed by atoms with Crippen LogP contribution in [0.15, 0.2) is 30.3 Å². The maximum Gasteiger partial charge on any atom is 0.218 e. The van der Waals surface area contributed by atoms with Crippen LogP contribution in [-0.2, 0) is 4.43 Å². The summed E-state index contributed by atoms with van der Waals surface area (Å²) in [6.07, 6.45) is -0.0723. The first-order chi connectivity index (χ1) is 6.56. The summed E-state index contributed by atoms with van der Waals surface area (Å²) < 4.78 is 5.86. The van der Waals surface area contributed by atoms with Gasteiger partial charge in [0.2, 0.25) is 8.32 Å². The monoisotopic (exact) mass is 210 g/mol. The molecule has 0 aromatic heterocycles. The Hall–Kier alpha value is -0.643. The van der Waals surface area contributed by atoms with Gasteiger partial charge in [0.05, 0.1) is 12.7 Å². The minimum absolute atomic E-state index is 0.0723. The lowest BCUT2D eigenvalue weighted by molar-refractivity contribution is 0.126. The molecule has 0 amide bonds. The molecule has 0 heterocycles. The second kappa shape index (κ2) is 4.73. The molecule has 1 unspecified atom stereocenters. The van der Waals surface area contributed by atoms with Crippen LogP contribution in [0.25, 0.3) is 0 Å². The second-order valence-corrected chi connectivity index (χ2v) is 7.82. The van der Waals surface area contributed by atoms with Gasteiger partial charge in [0.15, 0.2) is 0 Å². The summed E-state index contributed by atoms with van der Waals surface area (Å²) in [7, 11) is -1.82. The zero-order chi connectivity index (χ0) is 10.6. The van der Waals surface area contributed by atoms with E-state index in [0.717, 1.165) is 0 Å². The summed E-state index contributed by atoms with van der Waals surface area (Å²) in [6, 6.07) is 10.2. The second-order valence-electron chi connectivity index (χ2n) is 3.99. The Labute approximate surface area is 86.7 Å². The third-order valence-corrected chi connectivity index (χ3v) is 4.94. The van der Waals surface area contributed by atoms with Crippen LogP contribution >= 0.6 is 0 Å². The number of benzene rings is 1. The van der Waals surface area contributed by atoms with Crippen molar-refractivity contribution in [3.05, 3.63) is 30.3 Å². The fourth-order valence-corrected chi connectivity index (χ4v) is 3.66. The minimum atomic E-state index is -1.82. The summed E-state index contributed by atoms with van der Waals surface area (Å²) in [4.78, 5) is 0. The molecule has 0 bridgehead atoms. The van der Waals surface area contributed by atoms with Gasteiger partial charge < -0.3 is 9.53 Å². The van der Waals surface area contributed by atoms with Crippen LogP contribution in [0.2, 0.25) is 13.1 Å². The summed E-state index contributed by atoms with van der Waals surface area (Å²) in [5.41, 5.74) is 0. The van der Waals surface area contributed by atoms with Crippen molar-refractivity contribution in [1.82, 2.24) is 0 Å². The predicted molar refractivity (Wildman–Crippen MR) is 61.2 cm³/mol. The van der Waals surface area contributed by atoms with E-state index in [4.69, 9.17) is 9.53 Å². The SMILES string of the molecule is CC(CO)O[Si](C)(C)c1ccccc1. The standard InChI is InChI=1S/C11H18O2Si/c1-10(9-12)13-14(2,3)11-7-5-4-6-8-11/h4-8,10,12H,9H2,1-3H3. The van der Waals surface area contributed by atoms with Crippen LogP contribution in [0.4, 0.5) is 0 Å². The largest absolute Gasteiger partial charge is 0.408 e. The molecule has 0 saturated heterocycles. The Bertz CT molecular complexity index is 272. The maximum atomic E-state index is 8.94. The van der Waals surface area contributed by atoms with Gasteiger partial charge in [-0.05, 0) is 25.2 Å². The number of hydrogen-bond donors (Lipinski definition) is 1. The highest BCUT2D eigenvalue weighted by Crippen LogP contribution is 2.08. The third-order valence-electron chi connectivity index (χ3n) is 2.22. The van der Waals surface area contributed by atoms with Crippen molar-refractivity contribution in [2.75, 3.05) is 6.61 Å². The van der Waals surface area contributed by atoms with Gasteiger partial charge in [-0.2, -0.15) is 0 Å². The lowest BCUT2D eigenvalue weighted by Crippen LogP contribution is -2.47. The van der Waals surface area contributed by atoms with E-state index in [9.17, 15) is 0 Å². The predicted octanol–water partition coefficient (Wildman–Crippen LogP) is 1.50. The van der Waals surface area contributed by atoms with Crippen LogP contribution in [0.3, 0.4) is 0 Å². The molecule has 0 fully saturated rings. The van der Waals surface area contributed by atoms with E-state index in [0.29, 0.717) is 0 Å². The van der Waals surface area contributed by atoms with Crippen LogP contribution < -0.4 is 5.19 Å². The fourth-order valence-electron chi connectivity index (χ4n) is 1.45. The van der Waals surface area contributed by atoms with Gasteiger partial charge >= 0.3 is 0 Å². The van der Waals surface area contributed by atoms with Crippen molar-refractivity contribution < 1.29 is 9.53 Å². The first-order valence-electron chi connectivity index (χ1n) is 4.90. The van der Waals surface area contributed by atoms with Gasteiger partial charge in [-0.25, -0.2) is 0 Å². The number of hydrogen-bond acceptors (Lipinski definition) is 2. The number of aliphatic hydroxyl groups excluding tert-OH is 1. The molecule has 1 atom stereocenters. The van der Waals surface area contributed by atoms with E-state index in [2.05, 4.69) is 25.2 Å². The van der Waals surface area contributed by atoms with Crippen LogP contribution in [-0.4, -0.2) is 26.1 Å². The Kier molecular flexibility index (Phi) is 3.86. The van der Waals surface area contributed by atoms with Gasteiger partial charge in [0, 0.05) is 0 Å². The molecule has 0 aliphatic carbocycles. The van der Waals surface area contributed by atoms with Crippen molar-refractivity contribution >= 4 is 13.5 Å². The maximum absolute atomic E-state index is 8.94. The van der Waals surface area contributed by atoms with Crippen LogP contribution in [0.1, 0.15) is 6.92 Å². The van der Waals surface area contributed by atoms with Gasteiger partial charge in [-0.1, -0.05) is 30.3 Å². The Morgan fingerprint density at radius 1 is 1.29 bits per heavy atom. The highest BCUT2D eigenvalue weighted by molar-refractivity contribution is 6.84. The molecule has 0 radical (unpaired) electrons. The molecule has 1 aromatic carbocycles. The van der Waals surface area contributed by atoms with Crippen LogP contribution in [0, 0.1) is 0 Å². The van der Waals surface area contributed by atoms with E-state index >= 15 is 0 Å².